The number of hydrogen-bond acceptors (Lipinski definition) is 4. The zero-order valence-electron chi connectivity index (χ0n) is 14.1. The molecule has 1 aliphatic heterocycles. The summed E-state index contributed by atoms with van der Waals surface area (Å²) >= 11 is 0. The van der Waals surface area contributed by atoms with Crippen molar-refractivity contribution in [3.05, 3.63) is 58.4 Å². The fourth-order valence-electron chi connectivity index (χ4n) is 2.60. The van der Waals surface area contributed by atoms with Gasteiger partial charge >= 0.3 is 6.18 Å². The highest BCUT2D eigenvalue weighted by atomic mass is 19.4. The van der Waals surface area contributed by atoms with Crippen molar-refractivity contribution in [1.82, 2.24) is 0 Å². The van der Waals surface area contributed by atoms with E-state index in [1.807, 2.05) is 0 Å². The second kappa shape index (κ2) is 7.30. The van der Waals surface area contributed by atoms with Crippen LogP contribution in [-0.4, -0.2) is 20.0 Å². The molecule has 2 aromatic carbocycles. The highest BCUT2D eigenvalue weighted by Crippen LogP contribution is 2.36. The zero-order valence-corrected chi connectivity index (χ0v) is 14.1. The Balaban J connectivity index is 1.85. The lowest BCUT2D eigenvalue weighted by Gasteiger charge is -2.18. The van der Waals surface area contributed by atoms with E-state index in [0.717, 1.165) is 12.1 Å². The lowest BCUT2D eigenvalue weighted by atomic mass is 10.1. The molecule has 142 valence electrons. The van der Waals surface area contributed by atoms with Crippen molar-refractivity contribution in [2.45, 2.75) is 12.8 Å². The molecule has 4 nitrogen and oxygen atoms in total. The number of carbonyl (C=O) groups is 1. The van der Waals surface area contributed by atoms with Gasteiger partial charge in [-0.1, -0.05) is 6.07 Å². The number of carbonyl (C=O) groups excluding carboxylic acids is 1. The molecule has 3 rings (SSSR count). The van der Waals surface area contributed by atoms with Crippen LogP contribution in [0.25, 0.3) is 6.08 Å². The Morgan fingerprint density at radius 3 is 2.63 bits per heavy atom. The molecule has 0 aliphatic carbocycles. The lowest BCUT2D eigenvalue weighted by molar-refractivity contribution is -0.138. The van der Waals surface area contributed by atoms with Crippen molar-refractivity contribution in [1.29, 1.82) is 0 Å². The third-order valence-electron chi connectivity index (χ3n) is 3.96. The van der Waals surface area contributed by atoms with Crippen molar-refractivity contribution >= 4 is 12.4 Å². The molecule has 0 radical (unpaired) electrons. The Hall–Kier alpha value is -3.03. The maximum atomic E-state index is 14.2. The second-order valence-corrected chi connectivity index (χ2v) is 5.75. The summed E-state index contributed by atoms with van der Waals surface area (Å²) in [6.07, 6.45) is -2.67. The van der Waals surface area contributed by atoms with E-state index in [1.165, 1.54) is 31.4 Å². The third-order valence-corrected chi connectivity index (χ3v) is 3.96. The molecular formula is C19H14F4O4. The predicted molar refractivity (Wildman–Crippen MR) is 88.3 cm³/mol. The van der Waals surface area contributed by atoms with Gasteiger partial charge in [0, 0.05) is 23.3 Å². The first kappa shape index (κ1) is 18.8. The van der Waals surface area contributed by atoms with E-state index >= 15 is 0 Å². The summed E-state index contributed by atoms with van der Waals surface area (Å²) in [7, 11) is 1.27. The van der Waals surface area contributed by atoms with Crippen LogP contribution in [0.15, 0.2) is 35.9 Å². The summed E-state index contributed by atoms with van der Waals surface area (Å²) < 4.78 is 69.4. The van der Waals surface area contributed by atoms with E-state index in [1.54, 1.807) is 0 Å². The van der Waals surface area contributed by atoms with E-state index < -0.39 is 24.2 Å². The van der Waals surface area contributed by atoms with Crippen LogP contribution in [-0.2, 0) is 17.6 Å². The van der Waals surface area contributed by atoms with Gasteiger partial charge in [-0.05, 0) is 18.2 Å². The Morgan fingerprint density at radius 2 is 1.96 bits per heavy atom. The molecule has 0 amide bonds. The van der Waals surface area contributed by atoms with Crippen molar-refractivity contribution in [2.24, 2.45) is 0 Å². The van der Waals surface area contributed by atoms with Crippen LogP contribution in [0.1, 0.15) is 16.7 Å². The molecule has 0 spiro atoms. The minimum absolute atomic E-state index is 0.0122. The SMILES string of the molecule is COc1ccc(COc2cc(F)c3c(c2)OCC(C=O)=C3)c(C(F)(F)F)c1. The van der Waals surface area contributed by atoms with E-state index in [9.17, 15) is 22.4 Å². The van der Waals surface area contributed by atoms with Gasteiger partial charge in [0.05, 0.1) is 18.2 Å². The quantitative estimate of drug-likeness (QED) is 0.568. The fourth-order valence-corrected chi connectivity index (χ4v) is 2.60. The molecular weight excluding hydrogens is 368 g/mol. The van der Waals surface area contributed by atoms with Crippen LogP contribution in [0, 0.1) is 5.82 Å². The number of aldehydes is 1. The van der Waals surface area contributed by atoms with Crippen molar-refractivity contribution in [3.63, 3.8) is 0 Å². The molecule has 0 atom stereocenters. The molecule has 8 heteroatoms. The van der Waals surface area contributed by atoms with Gasteiger partial charge in [0.15, 0.2) is 0 Å². The van der Waals surface area contributed by atoms with Gasteiger partial charge in [0.1, 0.15) is 42.6 Å². The number of alkyl halides is 3. The minimum atomic E-state index is -4.59. The number of fused-ring (bicyclic) bond motifs is 1. The molecule has 0 saturated carbocycles. The lowest BCUT2D eigenvalue weighted by Crippen LogP contribution is -2.12. The molecule has 0 bridgehead atoms. The zero-order chi connectivity index (χ0) is 19.6. The first-order valence-corrected chi connectivity index (χ1v) is 7.81. The van der Waals surface area contributed by atoms with Crippen molar-refractivity contribution in [2.75, 3.05) is 13.7 Å². The highest BCUT2D eigenvalue weighted by molar-refractivity contribution is 5.84. The topological polar surface area (TPSA) is 44.8 Å². The normalized spacial score (nSPS) is 13.3. The number of methoxy groups -OCH3 is 1. The summed E-state index contributed by atoms with van der Waals surface area (Å²) in [6, 6.07) is 5.90. The fraction of sp³-hybridized carbons (Fsp3) is 0.211. The predicted octanol–water partition coefficient (Wildman–Crippen LogP) is 4.41. The van der Waals surface area contributed by atoms with E-state index in [-0.39, 0.29) is 40.6 Å². The Kier molecular flexibility index (Phi) is 5.07. The first-order valence-electron chi connectivity index (χ1n) is 7.81. The summed E-state index contributed by atoms with van der Waals surface area (Å²) in [5.41, 5.74) is -0.639. The van der Waals surface area contributed by atoms with Gasteiger partial charge in [-0.25, -0.2) is 4.39 Å². The number of hydrogen-bond donors (Lipinski definition) is 0. The maximum Gasteiger partial charge on any atom is 0.416 e. The Labute approximate surface area is 152 Å². The van der Waals surface area contributed by atoms with E-state index in [4.69, 9.17) is 14.2 Å². The van der Waals surface area contributed by atoms with Crippen LogP contribution in [0.2, 0.25) is 0 Å². The highest BCUT2D eigenvalue weighted by Gasteiger charge is 2.34. The van der Waals surface area contributed by atoms with Crippen LogP contribution in [0.4, 0.5) is 17.6 Å². The van der Waals surface area contributed by atoms with Gasteiger partial charge < -0.3 is 14.2 Å². The van der Waals surface area contributed by atoms with Crippen LogP contribution in [0.5, 0.6) is 17.2 Å². The summed E-state index contributed by atoms with van der Waals surface area (Å²) in [4.78, 5) is 10.8. The van der Waals surface area contributed by atoms with Gasteiger partial charge in [0.2, 0.25) is 0 Å². The Bertz CT molecular complexity index is 903. The minimum Gasteiger partial charge on any atom is -0.497 e. The molecule has 27 heavy (non-hydrogen) atoms. The third kappa shape index (κ3) is 4.05. The average molecular weight is 382 g/mol. The summed E-state index contributed by atoms with van der Waals surface area (Å²) in [5.74, 6) is -0.469. The average Bonchev–Trinajstić information content (AvgIpc) is 2.65. The molecule has 1 aliphatic rings. The van der Waals surface area contributed by atoms with Gasteiger partial charge in [-0.2, -0.15) is 13.2 Å². The van der Waals surface area contributed by atoms with E-state index in [0.29, 0.717) is 6.29 Å². The molecule has 1 heterocycles. The largest absolute Gasteiger partial charge is 0.497 e. The van der Waals surface area contributed by atoms with Crippen LogP contribution >= 0.6 is 0 Å². The second-order valence-electron chi connectivity index (χ2n) is 5.75. The summed E-state index contributed by atoms with van der Waals surface area (Å²) in [6.45, 7) is -0.442. The van der Waals surface area contributed by atoms with Gasteiger partial charge in [0.25, 0.3) is 0 Å². The summed E-state index contributed by atoms with van der Waals surface area (Å²) in [5, 5.41) is 0. The first-order chi connectivity index (χ1) is 12.8. The number of halogens is 4. The van der Waals surface area contributed by atoms with Gasteiger partial charge in [-0.3, -0.25) is 4.79 Å². The molecule has 0 N–H and O–H groups in total. The van der Waals surface area contributed by atoms with Crippen molar-refractivity contribution < 1.29 is 36.6 Å². The molecule has 2 aromatic rings. The maximum absolute atomic E-state index is 14.2. The smallest absolute Gasteiger partial charge is 0.416 e. The molecule has 0 fully saturated rings. The monoisotopic (exact) mass is 382 g/mol. The van der Waals surface area contributed by atoms with Crippen molar-refractivity contribution in [3.8, 4) is 17.2 Å². The molecule has 0 saturated heterocycles. The number of ether oxygens (including phenoxy) is 3. The molecule has 0 unspecified atom stereocenters. The van der Waals surface area contributed by atoms with Crippen LogP contribution < -0.4 is 14.2 Å². The Morgan fingerprint density at radius 1 is 1.19 bits per heavy atom. The van der Waals surface area contributed by atoms with E-state index in [2.05, 4.69) is 0 Å². The number of rotatable bonds is 5. The standard InChI is InChI=1S/C19H14F4O4/c1-25-13-3-2-12(16(5-13)19(21,22)23)10-26-14-6-17(20)15-4-11(8-24)9-27-18(15)7-14/h2-8H,9-10H2,1H3. The molecule has 0 aromatic heterocycles. The van der Waals surface area contributed by atoms with Gasteiger partial charge in [-0.15, -0.1) is 0 Å². The van der Waals surface area contributed by atoms with Crippen LogP contribution in [0.3, 0.4) is 0 Å². The number of benzene rings is 2.